The molecule has 20 nitrogen and oxygen atoms in total. The second-order valence-electron chi connectivity index (χ2n) is 20.1. The number of amides is 2. The van der Waals surface area contributed by atoms with Gasteiger partial charge in [0, 0.05) is 68.8 Å². The first-order chi connectivity index (χ1) is 33.0. The number of nitrogens with two attached hydrogens (primary N) is 1. The summed E-state index contributed by atoms with van der Waals surface area (Å²) < 4.78 is 48.2. The van der Waals surface area contributed by atoms with E-state index in [-0.39, 0.29) is 38.3 Å². The maximum Gasteiger partial charge on any atom is 0.469 e. The summed E-state index contributed by atoms with van der Waals surface area (Å²) in [6.45, 7) is 16.4. The van der Waals surface area contributed by atoms with E-state index in [0.29, 0.717) is 23.6 Å². The van der Waals surface area contributed by atoms with E-state index >= 15 is 0 Å². The number of ether oxygens (including phenoxy) is 4. The van der Waals surface area contributed by atoms with Gasteiger partial charge in [0.25, 0.3) is 5.91 Å². The number of phosphoric acid groups is 1. The second kappa shape index (κ2) is 27.2. The molecule has 2 aliphatic rings. The highest BCUT2D eigenvalue weighted by Crippen LogP contribution is 2.59. The zero-order valence-electron chi connectivity index (χ0n) is 43.7. The maximum absolute atomic E-state index is 12.6. The van der Waals surface area contributed by atoms with E-state index in [1.165, 1.54) is 26.6 Å². The van der Waals surface area contributed by atoms with Gasteiger partial charge in [0.2, 0.25) is 5.91 Å². The van der Waals surface area contributed by atoms with Crippen molar-refractivity contribution < 1.29 is 77.4 Å². The van der Waals surface area contributed by atoms with E-state index in [0.717, 1.165) is 11.1 Å². The van der Waals surface area contributed by atoms with Crippen LogP contribution < -0.4 is 11.1 Å². The Kier molecular flexibility index (Phi) is 23.7. The predicted octanol–water partition coefficient (Wildman–Crippen LogP) is 3.65. The summed E-state index contributed by atoms with van der Waals surface area (Å²) in [5.74, 6) is -4.23. The van der Waals surface area contributed by atoms with Gasteiger partial charge in [0.1, 0.15) is 30.3 Å². The Morgan fingerprint density at radius 1 is 1.06 bits per heavy atom. The molecule has 0 unspecified atom stereocenters. The molecule has 0 aliphatic carbocycles. The number of primary amides is 1. The highest BCUT2D eigenvalue weighted by Gasteiger charge is 2.68. The number of rotatable bonds is 27. The van der Waals surface area contributed by atoms with Crippen LogP contribution in [-0.4, -0.2) is 165 Å². The summed E-state index contributed by atoms with van der Waals surface area (Å²) >= 11 is 0. The molecule has 404 valence electrons. The number of likely N-dealkylation sites (N-methyl/N-ethyl adjacent to an activating group) is 1. The third kappa shape index (κ3) is 17.0. The smallest absolute Gasteiger partial charge is 0.448 e. The van der Waals surface area contributed by atoms with Gasteiger partial charge in [0.15, 0.2) is 17.8 Å². The number of aliphatic hydroxyl groups excluding tert-OH is 5. The van der Waals surface area contributed by atoms with Crippen LogP contribution in [0.4, 0.5) is 0 Å². The van der Waals surface area contributed by atoms with Gasteiger partial charge in [0.05, 0.1) is 43.2 Å². The summed E-state index contributed by atoms with van der Waals surface area (Å²) in [6, 6.07) is -0.597. The lowest BCUT2D eigenvalue weighted by Gasteiger charge is -2.50. The Balaban J connectivity index is 1.74. The molecule has 3 rings (SSSR count). The third-order valence-electron chi connectivity index (χ3n) is 14.1. The van der Waals surface area contributed by atoms with Crippen LogP contribution in [0.5, 0.6) is 0 Å². The molecule has 2 aliphatic heterocycles. The number of hydrogen-bond acceptors (Lipinski definition) is 16. The SMILES string of the molecule is COC[C@H]([C@@H](O)[C@@H](O)C(=O)NCC[C@@H](C)c1nc(/C=C/C[C@H]2O[C@@]3(C[C@H](O)[C@H]2C)O[C@@H]([C@@H](C[C@@H](O)[C@@H](C)[C@@H](O)[C@@H](C)/C=C(C)/C(C)=C/C=C/C(C)=C\C(N)=O)OC)[C@@H](OP(=O)(O)O)C3(C)C)co1)N(C)C. The van der Waals surface area contributed by atoms with Crippen LogP contribution in [0.2, 0.25) is 0 Å². The molecule has 15 atom stereocenters. The minimum atomic E-state index is -5.16. The zero-order chi connectivity index (χ0) is 53.8. The summed E-state index contributed by atoms with van der Waals surface area (Å²) in [4.78, 5) is 50.4. The molecule has 2 saturated heterocycles. The number of phosphoric ester groups is 1. The molecule has 3 heterocycles. The number of hydrogen-bond donors (Lipinski definition) is 9. The van der Waals surface area contributed by atoms with Gasteiger partial charge in [-0.3, -0.25) is 14.1 Å². The standard InChI is InChI=1S/C50H83N4O16P/c1-28(22-41(51)57)16-14-17-29(2)31(4)23-32(5)42(58)34(7)37(55)24-40(66-13)45-46(70-71(62,63)64)49(8,9)50(69-45)25-38(56)33(6)39(68-50)19-15-18-35-26-67-48(53-35)30(3)20-21-52-47(61)44(60)43(59)36(27-65-12)54(10)11/h14-18,22-23,26,30,32-34,36-40,42-46,55-56,58-60H,19-21,24-25,27H2,1-13H3,(H2,51,57)(H,52,61)(H2,62,63,64)/b16-14+,18-15+,28-22-,29-17+,31-23+/t30-,32+,33-,34-,36-,37-,38+,39-,40-,42+,43-,44-,45+,46-,50+/m1/s1. The van der Waals surface area contributed by atoms with E-state index in [1.807, 2.05) is 46.8 Å². The number of carbonyl (C=O) groups excluding carboxylic acids is 2. The topological polar surface area (TPSA) is 306 Å². The van der Waals surface area contributed by atoms with Crippen LogP contribution in [0.15, 0.2) is 63.9 Å². The second-order valence-corrected chi connectivity index (χ2v) is 21.3. The van der Waals surface area contributed by atoms with Crippen LogP contribution in [0.1, 0.15) is 105 Å². The van der Waals surface area contributed by atoms with Crippen molar-refractivity contribution >= 4 is 25.7 Å². The van der Waals surface area contributed by atoms with Crippen molar-refractivity contribution in [1.29, 1.82) is 0 Å². The average molecular weight is 1030 g/mol. The highest BCUT2D eigenvalue weighted by molar-refractivity contribution is 7.46. The largest absolute Gasteiger partial charge is 0.469 e. The fourth-order valence-electron chi connectivity index (χ4n) is 9.09. The van der Waals surface area contributed by atoms with Crippen LogP contribution >= 0.6 is 7.82 Å². The average Bonchev–Trinajstić information content (AvgIpc) is 3.83. The van der Waals surface area contributed by atoms with Crippen molar-refractivity contribution in [2.45, 2.75) is 161 Å². The number of carbonyl (C=O) groups is 2. The van der Waals surface area contributed by atoms with Gasteiger partial charge in [-0.25, -0.2) is 9.55 Å². The maximum atomic E-state index is 12.6. The van der Waals surface area contributed by atoms with E-state index < -0.39 is 110 Å². The number of aliphatic hydroxyl groups is 5. The lowest BCUT2D eigenvalue weighted by Crippen LogP contribution is -2.58. The normalized spacial score (nSPS) is 27.5. The van der Waals surface area contributed by atoms with E-state index in [2.05, 4.69) is 10.3 Å². The number of oxazole rings is 1. The van der Waals surface area contributed by atoms with Gasteiger partial charge >= 0.3 is 7.82 Å². The van der Waals surface area contributed by atoms with Crippen molar-refractivity contribution in [3.05, 3.63) is 71.0 Å². The van der Waals surface area contributed by atoms with Gasteiger partial charge in [-0.05, 0) is 64.9 Å². The van der Waals surface area contributed by atoms with Crippen LogP contribution in [0.25, 0.3) is 6.08 Å². The quantitative estimate of drug-likeness (QED) is 0.0345. The zero-order valence-corrected chi connectivity index (χ0v) is 44.6. The molecule has 2 amide bonds. The van der Waals surface area contributed by atoms with Crippen LogP contribution in [0, 0.1) is 23.2 Å². The lowest BCUT2D eigenvalue weighted by molar-refractivity contribution is -0.334. The Labute approximate surface area is 419 Å². The first-order valence-electron chi connectivity index (χ1n) is 24.1. The summed E-state index contributed by atoms with van der Waals surface area (Å²) in [5.41, 5.74) is 6.90. The molecule has 2 fully saturated rings. The van der Waals surface area contributed by atoms with Crippen molar-refractivity contribution in [2.75, 3.05) is 41.5 Å². The lowest BCUT2D eigenvalue weighted by atomic mass is 9.72. The Bertz CT molecular complexity index is 2080. The molecule has 0 bridgehead atoms. The molecule has 0 saturated carbocycles. The minimum Gasteiger partial charge on any atom is -0.448 e. The number of nitrogens with one attached hydrogen (secondary N) is 1. The highest BCUT2D eigenvalue weighted by atomic mass is 31.2. The van der Waals surface area contributed by atoms with E-state index in [4.69, 9.17) is 33.6 Å². The minimum absolute atomic E-state index is 0.0709. The predicted molar refractivity (Wildman–Crippen MR) is 266 cm³/mol. The first kappa shape index (κ1) is 61.9. The molecule has 0 aromatic carbocycles. The summed E-state index contributed by atoms with van der Waals surface area (Å²) in [6.07, 6.45) is 3.69. The fraction of sp³-hybridized carbons (Fsp3) is 0.700. The Morgan fingerprint density at radius 2 is 1.72 bits per heavy atom. The molecule has 0 radical (unpaired) electrons. The van der Waals surface area contributed by atoms with Gasteiger partial charge in [-0.1, -0.05) is 77.5 Å². The first-order valence-corrected chi connectivity index (χ1v) is 25.6. The molecule has 1 spiro atoms. The van der Waals surface area contributed by atoms with Gasteiger partial charge in [-0.15, -0.1) is 0 Å². The molecule has 1 aromatic rings. The third-order valence-corrected chi connectivity index (χ3v) is 14.6. The van der Waals surface area contributed by atoms with Crippen molar-refractivity contribution in [1.82, 2.24) is 15.2 Å². The Hall–Kier alpha value is -3.44. The molecule has 71 heavy (non-hydrogen) atoms. The van der Waals surface area contributed by atoms with Crippen molar-refractivity contribution in [2.24, 2.45) is 28.9 Å². The molecule has 10 N–H and O–H groups in total. The van der Waals surface area contributed by atoms with Crippen molar-refractivity contribution in [3.63, 3.8) is 0 Å². The summed E-state index contributed by atoms with van der Waals surface area (Å²) in [5, 5.41) is 58.3. The number of nitrogens with zero attached hydrogens (tertiary/aromatic N) is 2. The van der Waals surface area contributed by atoms with Crippen LogP contribution in [0.3, 0.4) is 0 Å². The molecule has 1 aromatic heterocycles. The van der Waals surface area contributed by atoms with E-state index in [9.17, 15) is 49.5 Å². The summed E-state index contributed by atoms with van der Waals surface area (Å²) in [7, 11) is 1.10. The Morgan fingerprint density at radius 3 is 2.31 bits per heavy atom. The van der Waals surface area contributed by atoms with Crippen LogP contribution in [-0.2, 0) is 37.6 Å². The number of methoxy groups -OCH3 is 2. The molecule has 21 heteroatoms. The monoisotopic (exact) mass is 1030 g/mol. The fourth-order valence-corrected chi connectivity index (χ4v) is 9.77. The van der Waals surface area contributed by atoms with Gasteiger partial charge < -0.3 is 74.6 Å². The number of aromatic nitrogens is 1. The van der Waals surface area contributed by atoms with Crippen molar-refractivity contribution in [3.8, 4) is 0 Å². The van der Waals surface area contributed by atoms with E-state index in [1.54, 1.807) is 71.0 Å². The van der Waals surface area contributed by atoms with Gasteiger partial charge in [-0.2, -0.15) is 0 Å². The number of allylic oxidation sites excluding steroid dienone is 6. The molecular weight excluding hydrogens is 944 g/mol. The molecular formula is C50H83N4O16P.